The van der Waals surface area contributed by atoms with Gasteiger partial charge in [0.25, 0.3) is 0 Å². The second-order valence-corrected chi connectivity index (χ2v) is 6.97. The lowest BCUT2D eigenvalue weighted by Crippen LogP contribution is -2.34. The Morgan fingerprint density at radius 1 is 1.21 bits per heavy atom. The lowest BCUT2D eigenvalue weighted by Gasteiger charge is -2.22. The smallest absolute Gasteiger partial charge is 0.243 e. The molecule has 19 heavy (non-hydrogen) atoms. The molecule has 0 aliphatic rings. The molecule has 0 aromatic heterocycles. The summed E-state index contributed by atoms with van der Waals surface area (Å²) in [5.41, 5.74) is 6.55. The molecular weight excluding hydrogens is 260 g/mol. The summed E-state index contributed by atoms with van der Waals surface area (Å²) in [5.74, 6) is 0.311. The molecule has 1 aromatic rings. The summed E-state index contributed by atoms with van der Waals surface area (Å²) < 4.78 is 26.5. The molecule has 0 unspecified atom stereocenters. The van der Waals surface area contributed by atoms with Crippen LogP contribution in [0.2, 0.25) is 0 Å². The molecular formula is C14H24N2O2S. The summed E-state index contributed by atoms with van der Waals surface area (Å²) in [6, 6.07) is 7.01. The first-order chi connectivity index (χ1) is 8.91. The summed E-state index contributed by atoms with van der Waals surface area (Å²) >= 11 is 0. The van der Waals surface area contributed by atoms with Crippen molar-refractivity contribution in [2.45, 2.75) is 32.1 Å². The number of nitrogens with zero attached hydrogens (tertiary/aromatic N) is 1. The Hall–Kier alpha value is -0.910. The fourth-order valence-electron chi connectivity index (χ4n) is 1.95. The third kappa shape index (κ3) is 4.30. The van der Waals surface area contributed by atoms with E-state index in [0.717, 1.165) is 12.0 Å². The lowest BCUT2D eigenvalue weighted by molar-refractivity contribution is 0.381. The van der Waals surface area contributed by atoms with E-state index in [-0.39, 0.29) is 0 Å². The van der Waals surface area contributed by atoms with Gasteiger partial charge in [0.05, 0.1) is 4.90 Å². The number of hydrogen-bond acceptors (Lipinski definition) is 3. The van der Waals surface area contributed by atoms with E-state index >= 15 is 0 Å². The highest BCUT2D eigenvalue weighted by atomic mass is 32.2. The molecule has 0 spiro atoms. The fourth-order valence-corrected chi connectivity index (χ4v) is 3.56. The number of sulfonamides is 1. The summed E-state index contributed by atoms with van der Waals surface area (Å²) in [6.45, 7) is 7.50. The largest absolute Gasteiger partial charge is 0.330 e. The number of nitrogens with two attached hydrogens (primary N) is 1. The zero-order valence-corrected chi connectivity index (χ0v) is 12.8. The Labute approximate surface area is 116 Å². The average Bonchev–Trinajstić information content (AvgIpc) is 2.36. The molecule has 4 nitrogen and oxygen atoms in total. The van der Waals surface area contributed by atoms with Gasteiger partial charge in [0.1, 0.15) is 0 Å². The van der Waals surface area contributed by atoms with Crippen LogP contribution < -0.4 is 5.73 Å². The van der Waals surface area contributed by atoms with Gasteiger partial charge in [0, 0.05) is 13.1 Å². The fraction of sp³-hybridized carbons (Fsp3) is 0.571. The van der Waals surface area contributed by atoms with Gasteiger partial charge < -0.3 is 5.73 Å². The minimum atomic E-state index is -3.38. The summed E-state index contributed by atoms with van der Waals surface area (Å²) in [7, 11) is -3.38. The van der Waals surface area contributed by atoms with Crippen molar-refractivity contribution in [1.82, 2.24) is 4.31 Å². The van der Waals surface area contributed by atoms with E-state index in [1.54, 1.807) is 12.1 Å². The Bertz CT molecular complexity index is 481. The first-order valence-electron chi connectivity index (χ1n) is 6.71. The zero-order valence-electron chi connectivity index (χ0n) is 12.0. The van der Waals surface area contributed by atoms with E-state index in [1.165, 1.54) is 4.31 Å². The second-order valence-electron chi connectivity index (χ2n) is 5.03. The standard InChI is InChI=1S/C14H24N2O2S/c1-4-16(11-12(2)3)19(17,18)14-7-5-13(6-8-14)9-10-15/h5-8,12H,4,9-11,15H2,1-3H3. The van der Waals surface area contributed by atoms with Crippen LogP contribution in [-0.2, 0) is 16.4 Å². The number of hydrogen-bond donors (Lipinski definition) is 1. The van der Waals surface area contributed by atoms with Crippen molar-refractivity contribution in [3.8, 4) is 0 Å². The third-order valence-electron chi connectivity index (χ3n) is 2.92. The van der Waals surface area contributed by atoms with E-state index in [4.69, 9.17) is 5.73 Å². The van der Waals surface area contributed by atoms with Crippen molar-refractivity contribution < 1.29 is 8.42 Å². The molecule has 0 heterocycles. The normalized spacial score (nSPS) is 12.3. The van der Waals surface area contributed by atoms with Gasteiger partial charge >= 0.3 is 0 Å². The second kappa shape index (κ2) is 7.03. The molecule has 0 saturated heterocycles. The lowest BCUT2D eigenvalue weighted by atomic mass is 10.2. The van der Waals surface area contributed by atoms with E-state index in [1.807, 2.05) is 32.9 Å². The van der Waals surface area contributed by atoms with Crippen LogP contribution in [0.3, 0.4) is 0 Å². The quantitative estimate of drug-likeness (QED) is 0.831. The van der Waals surface area contributed by atoms with Crippen molar-refractivity contribution in [3.05, 3.63) is 29.8 Å². The van der Waals surface area contributed by atoms with Crippen LogP contribution in [0.25, 0.3) is 0 Å². The van der Waals surface area contributed by atoms with Crippen LogP contribution in [0.5, 0.6) is 0 Å². The van der Waals surface area contributed by atoms with Crippen LogP contribution >= 0.6 is 0 Å². The molecule has 0 amide bonds. The number of benzene rings is 1. The molecule has 0 aliphatic heterocycles. The predicted octanol–water partition coefficient (Wildman–Crippen LogP) is 1.85. The van der Waals surface area contributed by atoms with E-state index in [0.29, 0.717) is 30.4 Å². The molecule has 0 radical (unpaired) electrons. The molecule has 0 aliphatic carbocycles. The first-order valence-corrected chi connectivity index (χ1v) is 8.15. The predicted molar refractivity (Wildman–Crippen MR) is 78.5 cm³/mol. The van der Waals surface area contributed by atoms with Crippen LogP contribution in [0.4, 0.5) is 0 Å². The summed E-state index contributed by atoms with van der Waals surface area (Å²) in [5, 5.41) is 0. The van der Waals surface area contributed by atoms with Crippen LogP contribution in [0, 0.1) is 5.92 Å². The first kappa shape index (κ1) is 16.1. The Morgan fingerprint density at radius 3 is 2.21 bits per heavy atom. The summed E-state index contributed by atoms with van der Waals surface area (Å²) in [6.07, 6.45) is 0.768. The van der Waals surface area contributed by atoms with E-state index < -0.39 is 10.0 Å². The van der Waals surface area contributed by atoms with Gasteiger partial charge in [-0.3, -0.25) is 0 Å². The Morgan fingerprint density at radius 2 is 1.79 bits per heavy atom. The van der Waals surface area contributed by atoms with Gasteiger partial charge in [-0.05, 0) is 36.6 Å². The van der Waals surface area contributed by atoms with Crippen LogP contribution in [0.15, 0.2) is 29.2 Å². The summed E-state index contributed by atoms with van der Waals surface area (Å²) in [4.78, 5) is 0.357. The topological polar surface area (TPSA) is 63.4 Å². The molecule has 5 heteroatoms. The van der Waals surface area contributed by atoms with Crippen LogP contribution in [-0.4, -0.2) is 32.4 Å². The molecule has 0 saturated carbocycles. The minimum Gasteiger partial charge on any atom is -0.330 e. The highest BCUT2D eigenvalue weighted by Crippen LogP contribution is 2.17. The maximum Gasteiger partial charge on any atom is 0.243 e. The van der Waals surface area contributed by atoms with Crippen molar-refractivity contribution in [1.29, 1.82) is 0 Å². The molecule has 2 N–H and O–H groups in total. The molecule has 0 fully saturated rings. The average molecular weight is 284 g/mol. The van der Waals surface area contributed by atoms with Crippen LogP contribution in [0.1, 0.15) is 26.3 Å². The zero-order chi connectivity index (χ0) is 14.5. The molecule has 0 bridgehead atoms. The van der Waals surface area contributed by atoms with Crippen molar-refractivity contribution in [3.63, 3.8) is 0 Å². The van der Waals surface area contributed by atoms with Gasteiger partial charge in [-0.15, -0.1) is 0 Å². The molecule has 1 rings (SSSR count). The monoisotopic (exact) mass is 284 g/mol. The highest BCUT2D eigenvalue weighted by Gasteiger charge is 2.23. The van der Waals surface area contributed by atoms with Gasteiger partial charge in [0.2, 0.25) is 10.0 Å². The minimum absolute atomic E-state index is 0.311. The van der Waals surface area contributed by atoms with Gasteiger partial charge in [-0.1, -0.05) is 32.9 Å². The van der Waals surface area contributed by atoms with Gasteiger partial charge in [-0.25, -0.2) is 8.42 Å². The number of rotatable bonds is 7. The third-order valence-corrected chi connectivity index (χ3v) is 4.87. The van der Waals surface area contributed by atoms with Crippen molar-refractivity contribution in [2.24, 2.45) is 11.7 Å². The van der Waals surface area contributed by atoms with Gasteiger partial charge in [-0.2, -0.15) is 4.31 Å². The molecule has 0 atom stereocenters. The highest BCUT2D eigenvalue weighted by molar-refractivity contribution is 7.89. The van der Waals surface area contributed by atoms with Crippen molar-refractivity contribution >= 4 is 10.0 Å². The maximum absolute atomic E-state index is 12.5. The van der Waals surface area contributed by atoms with Crippen molar-refractivity contribution in [2.75, 3.05) is 19.6 Å². The molecule has 108 valence electrons. The van der Waals surface area contributed by atoms with E-state index in [9.17, 15) is 8.42 Å². The van der Waals surface area contributed by atoms with E-state index in [2.05, 4.69) is 0 Å². The molecule has 1 aromatic carbocycles. The SMILES string of the molecule is CCN(CC(C)C)S(=O)(=O)c1ccc(CCN)cc1. The van der Waals surface area contributed by atoms with Gasteiger partial charge in [0.15, 0.2) is 0 Å². The maximum atomic E-state index is 12.5. The Balaban J connectivity index is 2.98. The Kier molecular flexibility index (Phi) is 5.97.